The summed E-state index contributed by atoms with van der Waals surface area (Å²) in [6.07, 6.45) is 5.37. The van der Waals surface area contributed by atoms with Crippen molar-refractivity contribution in [3.63, 3.8) is 0 Å². The highest BCUT2D eigenvalue weighted by atomic mass is 32.1. The van der Waals surface area contributed by atoms with Gasteiger partial charge in [-0.1, -0.05) is 51.5 Å². The Morgan fingerprint density at radius 1 is 1.23 bits per heavy atom. The van der Waals surface area contributed by atoms with Crippen molar-refractivity contribution in [1.29, 1.82) is 0 Å². The van der Waals surface area contributed by atoms with Gasteiger partial charge in [0, 0.05) is 30.2 Å². The van der Waals surface area contributed by atoms with Gasteiger partial charge in [0.15, 0.2) is 4.96 Å². The number of aryl methyl sites for hydroxylation is 1. The molecular weight excluding hydrogens is 342 g/mol. The molecule has 4 nitrogen and oxygen atoms in total. The first kappa shape index (κ1) is 18.8. The fourth-order valence-electron chi connectivity index (χ4n) is 3.20. The molecule has 1 N–H and O–H groups in total. The molecule has 26 heavy (non-hydrogen) atoms. The van der Waals surface area contributed by atoms with Crippen LogP contribution in [0.4, 0.5) is 0 Å². The number of unbranched alkanes of at least 4 members (excludes halogenated alkanes) is 1. The Kier molecular flexibility index (Phi) is 6.22. The molecule has 1 atom stereocenters. The second kappa shape index (κ2) is 8.60. The lowest BCUT2D eigenvalue weighted by atomic mass is 9.94. The minimum absolute atomic E-state index is 0.0191. The second-order valence-electron chi connectivity index (χ2n) is 7.09. The minimum atomic E-state index is -0.0191. The lowest BCUT2D eigenvalue weighted by Crippen LogP contribution is -2.26. The molecule has 138 valence electrons. The van der Waals surface area contributed by atoms with Crippen molar-refractivity contribution in [1.82, 2.24) is 14.7 Å². The van der Waals surface area contributed by atoms with Gasteiger partial charge in [-0.05, 0) is 29.9 Å². The second-order valence-corrected chi connectivity index (χ2v) is 7.96. The Balaban J connectivity index is 1.72. The molecule has 3 aromatic rings. The molecule has 1 aromatic carbocycles. The monoisotopic (exact) mass is 369 g/mol. The zero-order valence-electron chi connectivity index (χ0n) is 15.7. The molecule has 2 heterocycles. The van der Waals surface area contributed by atoms with Crippen molar-refractivity contribution in [2.45, 2.75) is 52.6 Å². The summed E-state index contributed by atoms with van der Waals surface area (Å²) in [4.78, 5) is 17.5. The van der Waals surface area contributed by atoms with Gasteiger partial charge in [-0.2, -0.15) is 0 Å². The molecule has 0 spiro atoms. The molecule has 0 bridgehead atoms. The smallest absolute Gasteiger partial charge is 0.258 e. The van der Waals surface area contributed by atoms with E-state index in [0.717, 1.165) is 17.1 Å². The van der Waals surface area contributed by atoms with Crippen LogP contribution in [0.1, 0.15) is 56.5 Å². The van der Waals surface area contributed by atoms with Crippen LogP contribution < -0.4 is 10.9 Å². The van der Waals surface area contributed by atoms with Crippen LogP contribution in [0.3, 0.4) is 0 Å². The van der Waals surface area contributed by atoms with Crippen LogP contribution in [0, 0.1) is 5.92 Å². The van der Waals surface area contributed by atoms with Gasteiger partial charge in [0.05, 0.1) is 5.69 Å². The molecule has 0 unspecified atom stereocenters. The SMILES string of the molecule is CCCCc1ccc([C@@H](NCc2cc(=O)n3ccsc3n2)C(C)C)cc1. The molecule has 5 heteroatoms. The molecule has 0 fully saturated rings. The van der Waals surface area contributed by atoms with E-state index in [2.05, 4.69) is 55.3 Å². The zero-order valence-corrected chi connectivity index (χ0v) is 16.6. The summed E-state index contributed by atoms with van der Waals surface area (Å²) in [5.41, 5.74) is 3.46. The maximum Gasteiger partial charge on any atom is 0.258 e. The summed E-state index contributed by atoms with van der Waals surface area (Å²) in [5.74, 6) is 0.447. The summed E-state index contributed by atoms with van der Waals surface area (Å²) in [6, 6.07) is 10.8. The van der Waals surface area contributed by atoms with Gasteiger partial charge in [0.1, 0.15) is 0 Å². The Morgan fingerprint density at radius 2 is 2.00 bits per heavy atom. The zero-order chi connectivity index (χ0) is 18.5. The van der Waals surface area contributed by atoms with E-state index in [1.807, 2.05) is 5.38 Å². The third-order valence-electron chi connectivity index (χ3n) is 4.68. The van der Waals surface area contributed by atoms with E-state index in [-0.39, 0.29) is 11.6 Å². The summed E-state index contributed by atoms with van der Waals surface area (Å²) in [7, 11) is 0. The first-order valence-corrected chi connectivity index (χ1v) is 10.2. The van der Waals surface area contributed by atoms with Crippen molar-refractivity contribution in [2.75, 3.05) is 0 Å². The van der Waals surface area contributed by atoms with Crippen LogP contribution in [-0.4, -0.2) is 9.38 Å². The highest BCUT2D eigenvalue weighted by Crippen LogP contribution is 2.23. The van der Waals surface area contributed by atoms with Gasteiger partial charge >= 0.3 is 0 Å². The van der Waals surface area contributed by atoms with E-state index in [0.29, 0.717) is 12.5 Å². The summed E-state index contributed by atoms with van der Waals surface area (Å²) in [5, 5.41) is 5.48. The van der Waals surface area contributed by atoms with Gasteiger partial charge in [-0.3, -0.25) is 9.20 Å². The largest absolute Gasteiger partial charge is 0.304 e. The third-order valence-corrected chi connectivity index (χ3v) is 5.44. The maximum absolute atomic E-state index is 12.1. The molecule has 0 aliphatic heterocycles. The number of aromatic nitrogens is 2. The third kappa shape index (κ3) is 4.40. The molecule has 0 aliphatic carbocycles. The quantitative estimate of drug-likeness (QED) is 0.632. The van der Waals surface area contributed by atoms with E-state index in [4.69, 9.17) is 0 Å². The van der Waals surface area contributed by atoms with Gasteiger partial charge in [0.2, 0.25) is 0 Å². The van der Waals surface area contributed by atoms with Crippen molar-refractivity contribution in [3.8, 4) is 0 Å². The Hall–Kier alpha value is -1.98. The topological polar surface area (TPSA) is 46.4 Å². The Bertz CT molecular complexity index is 896. The van der Waals surface area contributed by atoms with E-state index < -0.39 is 0 Å². The highest BCUT2D eigenvalue weighted by molar-refractivity contribution is 7.15. The predicted molar refractivity (Wildman–Crippen MR) is 109 cm³/mol. The molecule has 0 amide bonds. The number of fused-ring (bicyclic) bond motifs is 1. The summed E-state index contributed by atoms with van der Waals surface area (Å²) < 4.78 is 1.59. The number of hydrogen-bond acceptors (Lipinski definition) is 4. The standard InChI is InChI=1S/C21H27N3OS/c1-4-5-6-16-7-9-17(10-8-16)20(15(2)3)22-14-18-13-19(25)24-11-12-26-21(24)23-18/h7-13,15,20,22H,4-6,14H2,1-3H3/t20-/m0/s1. The van der Waals surface area contributed by atoms with Crippen LogP contribution >= 0.6 is 11.3 Å². The number of nitrogens with one attached hydrogen (secondary N) is 1. The van der Waals surface area contributed by atoms with Crippen LogP contribution in [0.25, 0.3) is 4.96 Å². The van der Waals surface area contributed by atoms with Gasteiger partial charge in [0.25, 0.3) is 5.56 Å². The number of hydrogen-bond donors (Lipinski definition) is 1. The molecule has 0 radical (unpaired) electrons. The molecule has 2 aromatic heterocycles. The summed E-state index contributed by atoms with van der Waals surface area (Å²) in [6.45, 7) is 7.24. The van der Waals surface area contributed by atoms with Crippen molar-refractivity contribution < 1.29 is 0 Å². The lowest BCUT2D eigenvalue weighted by Gasteiger charge is -2.23. The Morgan fingerprint density at radius 3 is 2.69 bits per heavy atom. The van der Waals surface area contributed by atoms with Gasteiger partial charge < -0.3 is 5.32 Å². The van der Waals surface area contributed by atoms with E-state index in [9.17, 15) is 4.79 Å². The highest BCUT2D eigenvalue weighted by Gasteiger charge is 2.16. The fourth-order valence-corrected chi connectivity index (χ4v) is 3.94. The predicted octanol–water partition coefficient (Wildman–Crippen LogP) is 4.59. The first-order chi connectivity index (χ1) is 12.6. The summed E-state index contributed by atoms with van der Waals surface area (Å²) >= 11 is 1.48. The van der Waals surface area contributed by atoms with Gasteiger partial charge in [-0.15, -0.1) is 11.3 Å². The van der Waals surface area contributed by atoms with Crippen molar-refractivity contribution in [2.24, 2.45) is 5.92 Å². The minimum Gasteiger partial charge on any atom is -0.304 e. The van der Waals surface area contributed by atoms with Crippen LogP contribution in [-0.2, 0) is 13.0 Å². The molecule has 0 saturated heterocycles. The lowest BCUT2D eigenvalue weighted by molar-refractivity contribution is 0.408. The first-order valence-electron chi connectivity index (χ1n) is 9.36. The van der Waals surface area contributed by atoms with E-state index in [1.54, 1.807) is 16.7 Å². The molecular formula is C21H27N3OS. The van der Waals surface area contributed by atoms with Crippen LogP contribution in [0.2, 0.25) is 0 Å². The average molecular weight is 370 g/mol. The average Bonchev–Trinajstić information content (AvgIpc) is 3.10. The molecule has 0 saturated carbocycles. The van der Waals surface area contributed by atoms with Crippen LogP contribution in [0.5, 0.6) is 0 Å². The fraction of sp³-hybridized carbons (Fsp3) is 0.429. The number of thiazole rings is 1. The Labute approximate surface area is 158 Å². The normalized spacial score (nSPS) is 12.8. The van der Waals surface area contributed by atoms with E-state index >= 15 is 0 Å². The number of benzene rings is 1. The van der Waals surface area contributed by atoms with Gasteiger partial charge in [-0.25, -0.2) is 4.98 Å². The maximum atomic E-state index is 12.1. The number of nitrogens with zero attached hydrogens (tertiary/aromatic N) is 2. The van der Waals surface area contributed by atoms with Crippen LogP contribution in [0.15, 0.2) is 46.7 Å². The van der Waals surface area contributed by atoms with Crippen molar-refractivity contribution >= 4 is 16.3 Å². The van der Waals surface area contributed by atoms with Crippen molar-refractivity contribution in [3.05, 3.63) is 69.1 Å². The number of rotatable bonds is 8. The molecule has 3 rings (SSSR count). The van der Waals surface area contributed by atoms with E-state index in [1.165, 1.54) is 35.3 Å². The molecule has 0 aliphatic rings.